The van der Waals surface area contributed by atoms with E-state index in [1.54, 1.807) is 61.8 Å². The SMILES string of the molecule is COc1cc2c(Oc3ccc(NC(=O)C4(C(=O)Nc5ccc(F)cc5)CC4)cc3)ccnc2cc1N1CCC(CN2CCC(CC(=O)Nc3cccc4c3CN(C3CCC(=O)NC3=O)C4=O)CC2)CC1. The van der Waals surface area contributed by atoms with Crippen LogP contribution in [0.25, 0.3) is 10.9 Å². The van der Waals surface area contributed by atoms with E-state index in [0.717, 1.165) is 80.7 Å². The molecule has 4 aromatic carbocycles. The van der Waals surface area contributed by atoms with Crippen LogP contribution in [0.15, 0.2) is 91.1 Å². The highest BCUT2D eigenvalue weighted by atomic mass is 19.1. The van der Waals surface area contributed by atoms with Gasteiger partial charge in [-0.25, -0.2) is 4.39 Å². The Morgan fingerprint density at radius 3 is 2.16 bits per heavy atom. The highest BCUT2D eigenvalue weighted by molar-refractivity contribution is 6.17. The average Bonchev–Trinajstić information content (AvgIpc) is 4.12. The summed E-state index contributed by atoms with van der Waals surface area (Å²) in [4.78, 5) is 88.1. The Morgan fingerprint density at radius 2 is 1.49 bits per heavy atom. The molecule has 1 aromatic heterocycles. The summed E-state index contributed by atoms with van der Waals surface area (Å²) in [6.07, 6.45) is 7.35. The van der Waals surface area contributed by atoms with Gasteiger partial charge in [0.2, 0.25) is 29.5 Å². The number of nitrogens with one attached hydrogen (secondary N) is 4. The van der Waals surface area contributed by atoms with Gasteiger partial charge < -0.3 is 40.1 Å². The van der Waals surface area contributed by atoms with Crippen molar-refractivity contribution in [2.45, 2.75) is 70.4 Å². The van der Waals surface area contributed by atoms with Crippen molar-refractivity contribution in [2.24, 2.45) is 17.3 Å². The fourth-order valence-electron chi connectivity index (χ4n) is 10.3. The van der Waals surface area contributed by atoms with E-state index >= 15 is 0 Å². The Hall–Kier alpha value is -7.40. The molecule has 4 N–H and O–H groups in total. The van der Waals surface area contributed by atoms with Gasteiger partial charge >= 0.3 is 0 Å². The molecule has 1 unspecified atom stereocenters. The van der Waals surface area contributed by atoms with Gasteiger partial charge in [-0.1, -0.05) is 6.07 Å². The van der Waals surface area contributed by atoms with Crippen LogP contribution in [0.4, 0.5) is 27.1 Å². The van der Waals surface area contributed by atoms with Gasteiger partial charge in [0.15, 0.2) is 0 Å². The van der Waals surface area contributed by atoms with E-state index in [0.29, 0.717) is 64.9 Å². The van der Waals surface area contributed by atoms with Crippen molar-refractivity contribution >= 4 is 69.1 Å². The number of hydrogen-bond acceptors (Lipinski definition) is 11. The number of methoxy groups -OCH3 is 1. The number of piperidine rings is 3. The van der Waals surface area contributed by atoms with Crippen LogP contribution in [0.3, 0.4) is 0 Å². The van der Waals surface area contributed by atoms with Crippen molar-refractivity contribution in [3.63, 3.8) is 0 Å². The second-order valence-corrected chi connectivity index (χ2v) is 19.1. The minimum absolute atomic E-state index is 0.0815. The molecule has 5 heterocycles. The molecule has 1 atom stereocenters. The lowest BCUT2D eigenvalue weighted by atomic mass is 9.90. The Balaban J connectivity index is 0.685. The molecule has 5 aromatic rings. The number of ether oxygens (including phenoxy) is 2. The van der Waals surface area contributed by atoms with Gasteiger partial charge in [0.05, 0.1) is 18.3 Å². The van der Waals surface area contributed by atoms with Crippen molar-refractivity contribution in [1.82, 2.24) is 20.1 Å². The van der Waals surface area contributed by atoms with Gasteiger partial charge in [0.25, 0.3) is 5.91 Å². The van der Waals surface area contributed by atoms with Crippen molar-refractivity contribution < 1.29 is 42.6 Å². The van der Waals surface area contributed by atoms with Crippen LogP contribution in [0.1, 0.15) is 73.7 Å². The first-order chi connectivity index (χ1) is 33.9. The molecule has 0 spiro atoms. The molecule has 6 amide bonds. The summed E-state index contributed by atoms with van der Waals surface area (Å²) in [6, 6.07) is 22.8. The number of nitrogens with zero attached hydrogens (tertiary/aromatic N) is 4. The first-order valence-electron chi connectivity index (χ1n) is 24.1. The molecule has 1 aliphatic carbocycles. The van der Waals surface area contributed by atoms with Crippen molar-refractivity contribution in [3.8, 4) is 17.2 Å². The number of amides is 6. The van der Waals surface area contributed by atoms with Gasteiger partial charge in [-0.05, 0) is 149 Å². The summed E-state index contributed by atoms with van der Waals surface area (Å²) in [6.45, 7) is 4.85. The summed E-state index contributed by atoms with van der Waals surface area (Å²) in [7, 11) is 1.67. The van der Waals surface area contributed by atoms with Gasteiger partial charge in [-0.2, -0.15) is 0 Å². The number of pyridine rings is 1. The van der Waals surface area contributed by atoms with E-state index in [2.05, 4.69) is 42.1 Å². The molecule has 4 aliphatic heterocycles. The minimum Gasteiger partial charge on any atom is -0.495 e. The Morgan fingerprint density at radius 1 is 0.800 bits per heavy atom. The third-order valence-corrected chi connectivity index (χ3v) is 14.6. The largest absolute Gasteiger partial charge is 0.495 e. The highest BCUT2D eigenvalue weighted by Gasteiger charge is 2.56. The molecule has 70 heavy (non-hydrogen) atoms. The predicted octanol–water partition coefficient (Wildman–Crippen LogP) is 7.25. The number of likely N-dealkylation sites (tertiary alicyclic amines) is 1. The standard InChI is InChI=1S/C53H55FN8O8/c1-69-46-28-39-42(55-22-15-45(39)70-37-11-9-36(10-12-37)57-52(68)53(20-21-53)51(67)56-35-7-5-34(54)6-8-35)29-44(46)61-25-18-33(19-26-61)30-60-23-16-32(17-24-60)27-48(64)58-41-4-2-3-38-40(41)31-62(50(38)66)43-13-14-47(63)59-49(43)65/h2-12,15,22,28-29,32-33,43H,13-14,16-21,23-27,30-31H2,1H3,(H,56,67)(H,57,68)(H,58,64)(H,59,63,65). The lowest BCUT2D eigenvalue weighted by molar-refractivity contribution is -0.137. The summed E-state index contributed by atoms with van der Waals surface area (Å²) in [5, 5.41) is 11.8. The number of fused-ring (bicyclic) bond motifs is 2. The number of carbonyl (C=O) groups is 6. The topological polar surface area (TPSA) is 192 Å². The zero-order chi connectivity index (χ0) is 48.5. The van der Waals surface area contributed by atoms with Crippen LogP contribution in [0.5, 0.6) is 17.2 Å². The van der Waals surface area contributed by atoms with Crippen molar-refractivity contribution in [3.05, 3.63) is 108 Å². The van der Waals surface area contributed by atoms with Crippen molar-refractivity contribution in [1.29, 1.82) is 0 Å². The predicted molar refractivity (Wildman–Crippen MR) is 260 cm³/mol. The fourth-order valence-corrected chi connectivity index (χ4v) is 10.3. The molecule has 0 radical (unpaired) electrons. The number of halogens is 1. The molecule has 5 aliphatic rings. The zero-order valence-corrected chi connectivity index (χ0v) is 38.9. The van der Waals surface area contributed by atoms with Crippen LogP contribution in [0, 0.1) is 23.1 Å². The highest BCUT2D eigenvalue weighted by Crippen LogP contribution is 2.48. The number of benzene rings is 4. The van der Waals surface area contributed by atoms with Crippen LogP contribution in [-0.2, 0) is 30.5 Å². The van der Waals surface area contributed by atoms with Gasteiger partial charge in [0, 0.05) is 78.8 Å². The van der Waals surface area contributed by atoms with Crippen LogP contribution in [-0.4, -0.2) is 96.1 Å². The van der Waals surface area contributed by atoms with E-state index < -0.39 is 35.0 Å². The quantitative estimate of drug-likeness (QED) is 0.0648. The fraction of sp³-hybridized carbons (Fsp3) is 0.377. The lowest BCUT2D eigenvalue weighted by Crippen LogP contribution is -2.52. The molecule has 1 saturated carbocycles. The molecule has 10 rings (SSSR count). The third kappa shape index (κ3) is 9.75. The van der Waals surface area contributed by atoms with E-state index in [-0.39, 0.29) is 43.0 Å². The van der Waals surface area contributed by atoms with Gasteiger partial charge in [0.1, 0.15) is 34.5 Å². The Kier molecular flexibility index (Phi) is 12.9. The van der Waals surface area contributed by atoms with E-state index in [1.807, 2.05) is 6.07 Å². The molecule has 362 valence electrons. The van der Waals surface area contributed by atoms with Gasteiger partial charge in [-0.15, -0.1) is 0 Å². The minimum atomic E-state index is -1.18. The second kappa shape index (κ2) is 19.5. The maximum absolute atomic E-state index is 13.3. The first kappa shape index (κ1) is 46.3. The van der Waals surface area contributed by atoms with E-state index in [9.17, 15) is 33.2 Å². The number of aromatic nitrogens is 1. The maximum Gasteiger partial charge on any atom is 0.255 e. The molecule has 16 nitrogen and oxygen atoms in total. The van der Waals surface area contributed by atoms with Crippen LogP contribution < -0.4 is 35.6 Å². The first-order valence-corrected chi connectivity index (χ1v) is 24.1. The summed E-state index contributed by atoms with van der Waals surface area (Å²) in [5.41, 5.74) is 3.29. The average molecular weight is 951 g/mol. The third-order valence-electron chi connectivity index (χ3n) is 14.6. The van der Waals surface area contributed by atoms with Crippen LogP contribution in [0.2, 0.25) is 0 Å². The molecule has 3 saturated heterocycles. The van der Waals surface area contributed by atoms with Gasteiger partial charge in [-0.3, -0.25) is 39.1 Å². The molecule has 17 heteroatoms. The molecule has 4 fully saturated rings. The maximum atomic E-state index is 13.3. The van der Waals surface area contributed by atoms with E-state index in [4.69, 9.17) is 9.47 Å². The van der Waals surface area contributed by atoms with Crippen molar-refractivity contribution in [2.75, 3.05) is 60.7 Å². The monoisotopic (exact) mass is 950 g/mol. The Bertz CT molecular complexity index is 2860. The normalized spacial score (nSPS) is 19.3. The summed E-state index contributed by atoms with van der Waals surface area (Å²) in [5.74, 6) is 0.308. The number of imide groups is 1. The zero-order valence-electron chi connectivity index (χ0n) is 38.9. The van der Waals surface area contributed by atoms with Crippen LogP contribution >= 0.6 is 0 Å². The summed E-state index contributed by atoms with van der Waals surface area (Å²) >= 11 is 0. The molecule has 0 bridgehead atoms. The molecular weight excluding hydrogens is 896 g/mol. The number of rotatable bonds is 14. The molecular formula is C53H55FN8O8. The van der Waals surface area contributed by atoms with E-state index in [1.165, 1.54) is 29.2 Å². The summed E-state index contributed by atoms with van der Waals surface area (Å²) < 4.78 is 25.6. The second-order valence-electron chi connectivity index (χ2n) is 19.1. The number of anilines is 4. The lowest BCUT2D eigenvalue weighted by Gasteiger charge is -2.38. The smallest absolute Gasteiger partial charge is 0.255 e. The number of carbonyl (C=O) groups excluding carboxylic acids is 6. The Labute approximate surface area is 404 Å². The number of hydrogen-bond donors (Lipinski definition) is 4.